The van der Waals surface area contributed by atoms with Crippen molar-refractivity contribution in [3.05, 3.63) is 48.0 Å². The van der Waals surface area contributed by atoms with Crippen LogP contribution < -0.4 is 0 Å². The topological polar surface area (TPSA) is 0 Å². The highest BCUT2D eigenvalue weighted by molar-refractivity contribution is 5.85. The molecule has 2 aromatic rings. The van der Waals surface area contributed by atoms with E-state index in [0.717, 1.165) is 0 Å². The highest BCUT2D eigenvalue weighted by Gasteiger charge is 1.97. The van der Waals surface area contributed by atoms with Gasteiger partial charge in [-0.15, -0.1) is 0 Å². The van der Waals surface area contributed by atoms with Crippen molar-refractivity contribution < 1.29 is 1.43 Å². The van der Waals surface area contributed by atoms with E-state index in [-0.39, 0.29) is 1.43 Å². The number of hydrogen-bond donors (Lipinski definition) is 0. The number of aryl methyl sites for hydroxylation is 1. The predicted octanol–water partition coefficient (Wildman–Crippen LogP) is 3.90. The molecule has 2 aromatic carbocycles. The van der Waals surface area contributed by atoms with Crippen LogP contribution in [0.2, 0.25) is 0 Å². The second kappa shape index (κ2) is 3.61. The Labute approximate surface area is 80.7 Å². The highest BCUT2D eigenvalue weighted by Crippen LogP contribution is 2.19. The number of rotatable bonds is 2. The van der Waals surface area contributed by atoms with E-state index in [1.165, 1.54) is 29.2 Å². The molecule has 0 spiro atoms. The quantitative estimate of drug-likeness (QED) is 0.642. The fourth-order valence-electron chi connectivity index (χ4n) is 1.78. The van der Waals surface area contributed by atoms with Crippen molar-refractivity contribution in [3.8, 4) is 0 Å². The van der Waals surface area contributed by atoms with Gasteiger partial charge < -0.3 is 0 Å². The van der Waals surface area contributed by atoms with Gasteiger partial charge in [-0.05, 0) is 22.8 Å². The molecule has 0 N–H and O–H groups in total. The first-order valence-corrected chi connectivity index (χ1v) is 4.88. The maximum absolute atomic E-state index is 2.23. The zero-order valence-corrected chi connectivity index (χ0v) is 7.96. The smallest absolute Gasteiger partial charge is 0.0651 e. The Bertz CT molecular complexity index is 401. The normalized spacial score (nSPS) is 10.5. The molecule has 0 bridgehead atoms. The molecule has 0 heterocycles. The van der Waals surface area contributed by atoms with Gasteiger partial charge in [0.05, 0.1) is 0 Å². The largest absolute Gasteiger partial charge is 1.00 e. The maximum Gasteiger partial charge on any atom is 1.00 e. The van der Waals surface area contributed by atoms with Gasteiger partial charge in [0, 0.05) is 0 Å². The van der Waals surface area contributed by atoms with E-state index in [2.05, 4.69) is 49.4 Å². The van der Waals surface area contributed by atoms with Crippen LogP contribution in [0.3, 0.4) is 0 Å². The van der Waals surface area contributed by atoms with Crippen LogP contribution in [0, 0.1) is 0 Å². The molecule has 13 heavy (non-hydrogen) atoms. The molecule has 0 atom stereocenters. The van der Waals surface area contributed by atoms with Gasteiger partial charge in [0.2, 0.25) is 0 Å². The molecular weight excluding hydrogens is 156 g/mol. The Morgan fingerprint density at radius 3 is 2.62 bits per heavy atom. The average Bonchev–Trinajstić information content (AvgIpc) is 2.19. The van der Waals surface area contributed by atoms with Gasteiger partial charge in [-0.25, -0.2) is 0 Å². The van der Waals surface area contributed by atoms with E-state index >= 15 is 0 Å². The van der Waals surface area contributed by atoms with Crippen molar-refractivity contribution in [2.75, 3.05) is 0 Å². The summed E-state index contributed by atoms with van der Waals surface area (Å²) in [5.74, 6) is 0. The number of benzene rings is 2. The molecule has 66 valence electrons. The summed E-state index contributed by atoms with van der Waals surface area (Å²) in [6, 6.07) is 15.1. The minimum absolute atomic E-state index is 0. The Morgan fingerprint density at radius 2 is 1.77 bits per heavy atom. The van der Waals surface area contributed by atoms with Crippen molar-refractivity contribution in [1.29, 1.82) is 0 Å². The van der Waals surface area contributed by atoms with Crippen LogP contribution in [-0.4, -0.2) is 0 Å². The maximum atomic E-state index is 2.23. The Balaban J connectivity index is 0.000000980. The van der Waals surface area contributed by atoms with Crippen LogP contribution in [0.15, 0.2) is 42.5 Å². The van der Waals surface area contributed by atoms with Crippen molar-refractivity contribution in [1.82, 2.24) is 0 Å². The van der Waals surface area contributed by atoms with Crippen LogP contribution >= 0.6 is 0 Å². The third-order valence-corrected chi connectivity index (χ3v) is 2.40. The van der Waals surface area contributed by atoms with Gasteiger partial charge >= 0.3 is 1.43 Å². The van der Waals surface area contributed by atoms with E-state index in [1.807, 2.05) is 0 Å². The molecule has 0 saturated carbocycles. The second-order valence-electron chi connectivity index (χ2n) is 3.39. The lowest BCUT2D eigenvalue weighted by molar-refractivity contribution is 0.930. The summed E-state index contributed by atoms with van der Waals surface area (Å²) >= 11 is 0. The van der Waals surface area contributed by atoms with Crippen LogP contribution in [0.4, 0.5) is 0 Å². The first-order chi connectivity index (χ1) is 6.42. The van der Waals surface area contributed by atoms with Crippen LogP contribution in [0.5, 0.6) is 0 Å². The van der Waals surface area contributed by atoms with Crippen molar-refractivity contribution >= 4 is 10.8 Å². The number of hydrogen-bond acceptors (Lipinski definition) is 0. The third-order valence-electron chi connectivity index (χ3n) is 2.40. The average molecular weight is 171 g/mol. The molecule has 0 nitrogen and oxygen atoms in total. The molecule has 0 fully saturated rings. The van der Waals surface area contributed by atoms with Gasteiger partial charge in [0.1, 0.15) is 0 Å². The molecule has 0 aliphatic rings. The molecule has 0 radical (unpaired) electrons. The second-order valence-corrected chi connectivity index (χ2v) is 3.39. The fraction of sp³-hybridized carbons (Fsp3) is 0.231. The molecule has 0 aromatic heterocycles. The van der Waals surface area contributed by atoms with Gasteiger partial charge in [-0.3, -0.25) is 0 Å². The van der Waals surface area contributed by atoms with E-state index in [4.69, 9.17) is 0 Å². The van der Waals surface area contributed by atoms with E-state index < -0.39 is 0 Å². The summed E-state index contributed by atoms with van der Waals surface area (Å²) in [6.07, 6.45) is 2.40. The van der Waals surface area contributed by atoms with Crippen LogP contribution in [-0.2, 0) is 6.42 Å². The molecule has 2 rings (SSSR count). The molecule has 0 heteroatoms. The standard InChI is InChI=1S/C13H14/c1-2-6-11-8-5-9-12-7-3-4-10-13(11)12/h3-5,7-10H,2,6H2,1H3/p+1. The summed E-state index contributed by atoms with van der Waals surface area (Å²) in [4.78, 5) is 0. The fourth-order valence-corrected chi connectivity index (χ4v) is 1.78. The van der Waals surface area contributed by atoms with Gasteiger partial charge in [-0.1, -0.05) is 55.8 Å². The van der Waals surface area contributed by atoms with Crippen molar-refractivity contribution in [2.24, 2.45) is 0 Å². The van der Waals surface area contributed by atoms with Gasteiger partial charge in [0.15, 0.2) is 0 Å². The minimum Gasteiger partial charge on any atom is -0.0651 e. The summed E-state index contributed by atoms with van der Waals surface area (Å²) in [7, 11) is 0. The lowest BCUT2D eigenvalue weighted by atomic mass is 10.0. The molecular formula is C13H15+. The summed E-state index contributed by atoms with van der Waals surface area (Å²) < 4.78 is 0. The van der Waals surface area contributed by atoms with Gasteiger partial charge in [0.25, 0.3) is 0 Å². The summed E-state index contributed by atoms with van der Waals surface area (Å²) in [5.41, 5.74) is 1.47. The SMILES string of the molecule is CCCc1cccc2ccccc12.[H+]. The number of fused-ring (bicyclic) bond motifs is 1. The lowest BCUT2D eigenvalue weighted by Crippen LogP contribution is -1.84. The highest BCUT2D eigenvalue weighted by atomic mass is 14.0. The summed E-state index contributed by atoms with van der Waals surface area (Å²) in [6.45, 7) is 2.22. The van der Waals surface area contributed by atoms with E-state index in [1.54, 1.807) is 0 Å². The Kier molecular flexibility index (Phi) is 2.31. The van der Waals surface area contributed by atoms with Crippen molar-refractivity contribution in [2.45, 2.75) is 19.8 Å². The minimum atomic E-state index is 0. The van der Waals surface area contributed by atoms with Gasteiger partial charge in [-0.2, -0.15) is 0 Å². The Hall–Kier alpha value is -1.30. The third kappa shape index (κ3) is 1.57. The van der Waals surface area contributed by atoms with Crippen molar-refractivity contribution in [3.63, 3.8) is 0 Å². The lowest BCUT2D eigenvalue weighted by Gasteiger charge is -2.03. The zero-order chi connectivity index (χ0) is 9.10. The molecule has 0 aliphatic carbocycles. The summed E-state index contributed by atoms with van der Waals surface area (Å²) in [5, 5.41) is 2.76. The first kappa shape index (κ1) is 8.31. The van der Waals surface area contributed by atoms with E-state index in [0.29, 0.717) is 0 Å². The molecule has 0 unspecified atom stereocenters. The molecule has 0 saturated heterocycles. The molecule has 0 amide bonds. The Morgan fingerprint density at radius 1 is 1.00 bits per heavy atom. The monoisotopic (exact) mass is 171 g/mol. The van der Waals surface area contributed by atoms with Crippen LogP contribution in [0.1, 0.15) is 20.3 Å². The first-order valence-electron chi connectivity index (χ1n) is 4.88. The van der Waals surface area contributed by atoms with E-state index in [9.17, 15) is 0 Å². The molecule has 0 aliphatic heterocycles. The predicted molar refractivity (Wildman–Crippen MR) is 59.1 cm³/mol. The zero-order valence-electron chi connectivity index (χ0n) is 8.96. The van der Waals surface area contributed by atoms with Crippen LogP contribution in [0.25, 0.3) is 10.8 Å².